The van der Waals surface area contributed by atoms with Crippen molar-refractivity contribution in [1.82, 2.24) is 4.98 Å². The molecule has 0 saturated heterocycles. The van der Waals surface area contributed by atoms with Gasteiger partial charge in [0.2, 0.25) is 5.78 Å². The number of nitrogens with zero attached hydrogens (tertiary/aromatic N) is 1. The number of carbonyl (C=O) groups is 1. The molecule has 3 nitrogen and oxygen atoms in total. The zero-order valence-corrected chi connectivity index (χ0v) is 9.31. The van der Waals surface area contributed by atoms with Crippen molar-refractivity contribution in [3.8, 4) is 0 Å². The number of ether oxygens (including phenoxy) is 1. The Morgan fingerprint density at radius 2 is 2.12 bits per heavy atom. The van der Waals surface area contributed by atoms with Crippen LogP contribution in [-0.2, 0) is 9.53 Å². The molecule has 0 aromatic carbocycles. The summed E-state index contributed by atoms with van der Waals surface area (Å²) in [7, 11) is 0. The van der Waals surface area contributed by atoms with E-state index in [0.29, 0.717) is 5.76 Å². The van der Waals surface area contributed by atoms with Crippen molar-refractivity contribution in [1.29, 1.82) is 0 Å². The molecule has 16 heavy (non-hydrogen) atoms. The Kier molecular flexibility index (Phi) is 2.60. The SMILES string of the molecule is CC1(C)OC(/C=C/c2ccccn2)=CC1=O. The van der Waals surface area contributed by atoms with Crippen LogP contribution < -0.4 is 0 Å². The number of ketones is 1. The molecule has 0 atom stereocenters. The van der Waals surface area contributed by atoms with Crippen molar-refractivity contribution in [2.45, 2.75) is 19.4 Å². The maximum atomic E-state index is 11.5. The summed E-state index contributed by atoms with van der Waals surface area (Å²) in [5, 5.41) is 0. The molecule has 0 fully saturated rings. The van der Waals surface area contributed by atoms with Gasteiger partial charge in [-0.05, 0) is 38.1 Å². The predicted octanol–water partition coefficient (Wildman–Crippen LogP) is 2.36. The first-order chi connectivity index (χ1) is 7.58. The van der Waals surface area contributed by atoms with Crippen LogP contribution >= 0.6 is 0 Å². The van der Waals surface area contributed by atoms with Crippen molar-refractivity contribution >= 4 is 11.9 Å². The largest absolute Gasteiger partial charge is 0.480 e. The summed E-state index contributed by atoms with van der Waals surface area (Å²) in [6.07, 6.45) is 6.81. The second kappa shape index (κ2) is 3.93. The second-order valence-electron chi connectivity index (χ2n) is 4.11. The number of rotatable bonds is 2. The normalized spacial score (nSPS) is 18.6. The molecule has 1 aromatic heterocycles. The molecule has 0 bridgehead atoms. The fraction of sp³-hybridized carbons (Fsp3) is 0.231. The molecule has 1 aliphatic rings. The Morgan fingerprint density at radius 1 is 1.31 bits per heavy atom. The first kappa shape index (κ1) is 10.6. The lowest BCUT2D eigenvalue weighted by atomic mass is 10.1. The topological polar surface area (TPSA) is 39.2 Å². The van der Waals surface area contributed by atoms with Gasteiger partial charge in [-0.25, -0.2) is 0 Å². The summed E-state index contributed by atoms with van der Waals surface area (Å²) in [6, 6.07) is 5.65. The van der Waals surface area contributed by atoms with E-state index in [-0.39, 0.29) is 5.78 Å². The molecule has 82 valence electrons. The molecule has 2 rings (SSSR count). The molecular weight excluding hydrogens is 202 g/mol. The lowest BCUT2D eigenvalue weighted by Gasteiger charge is -2.16. The van der Waals surface area contributed by atoms with Crippen LogP contribution in [0.5, 0.6) is 0 Å². The van der Waals surface area contributed by atoms with Crippen molar-refractivity contribution < 1.29 is 9.53 Å². The van der Waals surface area contributed by atoms with E-state index in [0.717, 1.165) is 5.69 Å². The maximum Gasteiger partial charge on any atom is 0.202 e. The summed E-state index contributed by atoms with van der Waals surface area (Å²) in [5.41, 5.74) is 0.105. The third kappa shape index (κ3) is 2.19. The van der Waals surface area contributed by atoms with E-state index >= 15 is 0 Å². The molecule has 3 heteroatoms. The molecule has 0 aliphatic carbocycles. The van der Waals surface area contributed by atoms with E-state index in [2.05, 4.69) is 4.98 Å². The fourth-order valence-electron chi connectivity index (χ4n) is 1.40. The number of carbonyl (C=O) groups excluding carboxylic acids is 1. The highest BCUT2D eigenvalue weighted by atomic mass is 16.5. The zero-order chi connectivity index (χ0) is 11.6. The van der Waals surface area contributed by atoms with Crippen molar-refractivity contribution in [3.05, 3.63) is 48.0 Å². The molecule has 0 amide bonds. The summed E-state index contributed by atoms with van der Waals surface area (Å²) in [5.74, 6) is 0.578. The Morgan fingerprint density at radius 3 is 2.69 bits per heavy atom. The summed E-state index contributed by atoms with van der Waals surface area (Å²) in [6.45, 7) is 3.51. The summed E-state index contributed by atoms with van der Waals surface area (Å²) >= 11 is 0. The van der Waals surface area contributed by atoms with Gasteiger partial charge in [0.25, 0.3) is 0 Å². The van der Waals surface area contributed by atoms with Gasteiger partial charge in [0.05, 0.1) is 5.69 Å². The van der Waals surface area contributed by atoms with Crippen LogP contribution in [0.25, 0.3) is 6.08 Å². The van der Waals surface area contributed by atoms with Gasteiger partial charge in [-0.2, -0.15) is 0 Å². The fourth-order valence-corrected chi connectivity index (χ4v) is 1.40. The minimum Gasteiger partial charge on any atom is -0.480 e. The minimum atomic E-state index is -0.732. The average Bonchev–Trinajstić information content (AvgIpc) is 2.52. The van der Waals surface area contributed by atoms with E-state index in [1.165, 1.54) is 6.08 Å². The summed E-state index contributed by atoms with van der Waals surface area (Å²) in [4.78, 5) is 15.6. The highest BCUT2D eigenvalue weighted by Gasteiger charge is 2.33. The lowest BCUT2D eigenvalue weighted by molar-refractivity contribution is -0.126. The lowest BCUT2D eigenvalue weighted by Crippen LogP contribution is -2.27. The molecule has 0 N–H and O–H groups in total. The van der Waals surface area contributed by atoms with Gasteiger partial charge in [-0.1, -0.05) is 6.07 Å². The Bertz CT molecular complexity index is 458. The van der Waals surface area contributed by atoms with Gasteiger partial charge < -0.3 is 4.74 Å². The van der Waals surface area contributed by atoms with Crippen LogP contribution in [0.3, 0.4) is 0 Å². The average molecular weight is 215 g/mol. The van der Waals surface area contributed by atoms with E-state index in [1.807, 2.05) is 24.3 Å². The second-order valence-corrected chi connectivity index (χ2v) is 4.11. The smallest absolute Gasteiger partial charge is 0.202 e. The van der Waals surface area contributed by atoms with E-state index in [9.17, 15) is 4.79 Å². The number of pyridine rings is 1. The first-order valence-electron chi connectivity index (χ1n) is 5.12. The van der Waals surface area contributed by atoms with Crippen molar-refractivity contribution in [3.63, 3.8) is 0 Å². The van der Waals surface area contributed by atoms with E-state index < -0.39 is 5.60 Å². The maximum absolute atomic E-state index is 11.5. The van der Waals surface area contributed by atoms with Gasteiger partial charge in [0.1, 0.15) is 5.76 Å². The molecule has 0 radical (unpaired) electrons. The number of aromatic nitrogens is 1. The molecular formula is C13H13NO2. The van der Waals surface area contributed by atoms with Crippen LogP contribution in [0.2, 0.25) is 0 Å². The molecule has 0 saturated carbocycles. The minimum absolute atomic E-state index is 0.00632. The van der Waals surface area contributed by atoms with Crippen molar-refractivity contribution in [2.75, 3.05) is 0 Å². The number of hydrogen-bond acceptors (Lipinski definition) is 3. The van der Waals surface area contributed by atoms with Crippen LogP contribution in [0.4, 0.5) is 0 Å². The predicted molar refractivity (Wildman–Crippen MR) is 61.5 cm³/mol. The highest BCUT2D eigenvalue weighted by molar-refractivity contribution is 5.99. The summed E-state index contributed by atoms with van der Waals surface area (Å²) < 4.78 is 5.48. The monoisotopic (exact) mass is 215 g/mol. The number of hydrogen-bond donors (Lipinski definition) is 0. The third-order valence-electron chi connectivity index (χ3n) is 2.35. The van der Waals surface area contributed by atoms with Gasteiger partial charge in [-0.15, -0.1) is 0 Å². The zero-order valence-electron chi connectivity index (χ0n) is 9.31. The quantitative estimate of drug-likeness (QED) is 0.760. The molecule has 0 unspecified atom stereocenters. The van der Waals surface area contributed by atoms with Gasteiger partial charge >= 0.3 is 0 Å². The first-order valence-corrected chi connectivity index (χ1v) is 5.12. The van der Waals surface area contributed by atoms with E-state index in [1.54, 1.807) is 26.1 Å². The molecule has 1 aromatic rings. The standard InChI is InChI=1S/C13H13NO2/c1-13(2)12(15)9-11(16-13)7-6-10-5-3-4-8-14-10/h3-9H,1-2H3/b7-6+. The Balaban J connectivity index is 2.11. The van der Waals surface area contributed by atoms with Crippen LogP contribution in [-0.4, -0.2) is 16.4 Å². The Hall–Kier alpha value is -1.90. The van der Waals surface area contributed by atoms with Gasteiger partial charge in [-0.3, -0.25) is 9.78 Å². The number of allylic oxidation sites excluding steroid dienone is 1. The molecule has 0 spiro atoms. The van der Waals surface area contributed by atoms with Crippen molar-refractivity contribution in [2.24, 2.45) is 0 Å². The highest BCUT2D eigenvalue weighted by Crippen LogP contribution is 2.25. The molecule has 1 aliphatic heterocycles. The Labute approximate surface area is 94.5 Å². The molecule has 2 heterocycles. The van der Waals surface area contributed by atoms with Gasteiger partial charge in [0.15, 0.2) is 5.60 Å². The third-order valence-corrected chi connectivity index (χ3v) is 2.35. The van der Waals surface area contributed by atoms with Crippen LogP contribution in [0.15, 0.2) is 42.3 Å². The van der Waals surface area contributed by atoms with Gasteiger partial charge in [0, 0.05) is 12.3 Å². The van der Waals surface area contributed by atoms with E-state index in [4.69, 9.17) is 4.74 Å². The van der Waals surface area contributed by atoms with Crippen LogP contribution in [0, 0.1) is 0 Å². The van der Waals surface area contributed by atoms with Crippen LogP contribution in [0.1, 0.15) is 19.5 Å².